The maximum Gasteiger partial charge on any atom is 0.246 e. The highest BCUT2D eigenvalue weighted by Gasteiger charge is 2.06. The highest BCUT2D eigenvalue weighted by atomic mass is 35.5. The van der Waals surface area contributed by atoms with Gasteiger partial charge in [0.05, 0.1) is 13.2 Å². The third kappa shape index (κ3) is 4.54. The topological polar surface area (TPSA) is 69.0 Å². The van der Waals surface area contributed by atoms with Crippen LogP contribution in [0.3, 0.4) is 0 Å². The van der Waals surface area contributed by atoms with E-state index in [0.29, 0.717) is 18.2 Å². The molecule has 2 rings (SSSR count). The number of aromatic nitrogens is 3. The van der Waals surface area contributed by atoms with Crippen LogP contribution >= 0.6 is 11.6 Å². The largest absolute Gasteiger partial charge is 0.367 e. The first-order valence-electron chi connectivity index (χ1n) is 6.65. The maximum absolute atomic E-state index is 11.7. The van der Waals surface area contributed by atoms with E-state index in [2.05, 4.69) is 15.5 Å². The van der Waals surface area contributed by atoms with Gasteiger partial charge in [0.1, 0.15) is 12.9 Å². The molecule has 0 unspecified atom stereocenters. The molecule has 0 spiro atoms. The van der Waals surface area contributed by atoms with E-state index in [1.54, 1.807) is 12.4 Å². The zero-order valence-electron chi connectivity index (χ0n) is 11.8. The molecule has 112 valence electrons. The van der Waals surface area contributed by atoms with Crippen LogP contribution < -0.4 is 5.32 Å². The summed E-state index contributed by atoms with van der Waals surface area (Å²) in [5, 5.41) is 11.1. The molecule has 1 amide bonds. The van der Waals surface area contributed by atoms with Crippen molar-refractivity contribution in [1.29, 1.82) is 0 Å². The van der Waals surface area contributed by atoms with E-state index in [1.165, 1.54) is 0 Å². The number of amides is 1. The molecule has 0 bridgehead atoms. The molecule has 0 radical (unpaired) electrons. The molecule has 0 saturated carbocycles. The molecule has 0 aliphatic heterocycles. The monoisotopic (exact) mass is 308 g/mol. The second-order valence-corrected chi connectivity index (χ2v) is 4.80. The summed E-state index contributed by atoms with van der Waals surface area (Å²) in [4.78, 5) is 11.7. The molecule has 0 fully saturated rings. The molecule has 1 N–H and O–H groups in total. The summed E-state index contributed by atoms with van der Waals surface area (Å²) in [6, 6.07) is 7.38. The van der Waals surface area contributed by atoms with Crippen LogP contribution in [0.2, 0.25) is 5.02 Å². The van der Waals surface area contributed by atoms with Crippen molar-refractivity contribution >= 4 is 17.5 Å². The Morgan fingerprint density at radius 2 is 2.24 bits per heavy atom. The first kappa shape index (κ1) is 15.5. The number of benzene rings is 1. The molecule has 0 saturated heterocycles. The van der Waals surface area contributed by atoms with E-state index in [-0.39, 0.29) is 12.5 Å². The summed E-state index contributed by atoms with van der Waals surface area (Å²) < 4.78 is 7.22. The highest BCUT2D eigenvalue weighted by molar-refractivity contribution is 6.31. The first-order valence-corrected chi connectivity index (χ1v) is 7.03. The summed E-state index contributed by atoms with van der Waals surface area (Å²) in [6.45, 7) is 3.37. The van der Waals surface area contributed by atoms with Crippen molar-refractivity contribution in [1.82, 2.24) is 20.1 Å². The molecule has 7 heteroatoms. The number of halogens is 1. The van der Waals surface area contributed by atoms with E-state index in [4.69, 9.17) is 16.3 Å². The van der Waals surface area contributed by atoms with Crippen molar-refractivity contribution in [2.24, 2.45) is 0 Å². The molecular formula is C14H17ClN4O2. The van der Waals surface area contributed by atoms with Crippen LogP contribution in [-0.2, 0) is 29.2 Å². The molecule has 1 heterocycles. The lowest BCUT2D eigenvalue weighted by Crippen LogP contribution is -2.28. The van der Waals surface area contributed by atoms with Gasteiger partial charge in [0.15, 0.2) is 5.82 Å². The molecule has 0 aliphatic carbocycles. The summed E-state index contributed by atoms with van der Waals surface area (Å²) in [6.07, 6.45) is 1.63. The van der Waals surface area contributed by atoms with Crippen LogP contribution in [0.1, 0.15) is 18.3 Å². The number of hydrogen-bond acceptors (Lipinski definition) is 4. The van der Waals surface area contributed by atoms with Crippen molar-refractivity contribution in [2.75, 3.05) is 6.61 Å². The van der Waals surface area contributed by atoms with Crippen LogP contribution in [0.15, 0.2) is 30.6 Å². The fourth-order valence-corrected chi connectivity index (χ4v) is 1.97. The Kier molecular flexibility index (Phi) is 5.71. The van der Waals surface area contributed by atoms with E-state index in [0.717, 1.165) is 17.9 Å². The standard InChI is InChI=1S/C14H17ClN4O2/c1-2-19-10-17-18-13(19)7-16-14(20)9-21-8-11-5-3-4-6-12(11)15/h3-6,10H,2,7-9H2,1H3,(H,16,20). The van der Waals surface area contributed by atoms with Crippen molar-refractivity contribution in [3.05, 3.63) is 47.0 Å². The number of carbonyl (C=O) groups excluding carboxylic acids is 1. The molecule has 0 aliphatic rings. The molecule has 1 aromatic heterocycles. The average molecular weight is 309 g/mol. The molecule has 21 heavy (non-hydrogen) atoms. The number of nitrogens with zero attached hydrogens (tertiary/aromatic N) is 3. The van der Waals surface area contributed by atoms with Gasteiger partial charge >= 0.3 is 0 Å². The van der Waals surface area contributed by atoms with Gasteiger partial charge in [-0.3, -0.25) is 4.79 Å². The van der Waals surface area contributed by atoms with Crippen molar-refractivity contribution in [2.45, 2.75) is 26.6 Å². The van der Waals surface area contributed by atoms with Crippen LogP contribution in [-0.4, -0.2) is 27.3 Å². The van der Waals surface area contributed by atoms with Crippen molar-refractivity contribution in [3.8, 4) is 0 Å². The summed E-state index contributed by atoms with van der Waals surface area (Å²) >= 11 is 6.00. The van der Waals surface area contributed by atoms with Crippen LogP contribution in [0.4, 0.5) is 0 Å². The van der Waals surface area contributed by atoms with Crippen LogP contribution in [0, 0.1) is 0 Å². The average Bonchev–Trinajstić information content (AvgIpc) is 2.94. The molecule has 1 aromatic carbocycles. The molecule has 2 aromatic rings. The Labute approximate surface area is 128 Å². The van der Waals surface area contributed by atoms with Gasteiger partial charge in [-0.2, -0.15) is 0 Å². The minimum Gasteiger partial charge on any atom is -0.367 e. The van der Waals surface area contributed by atoms with Gasteiger partial charge in [0, 0.05) is 11.6 Å². The highest BCUT2D eigenvalue weighted by Crippen LogP contribution is 2.15. The maximum atomic E-state index is 11.7. The predicted molar refractivity (Wildman–Crippen MR) is 78.7 cm³/mol. The third-order valence-corrected chi connectivity index (χ3v) is 3.30. The fourth-order valence-electron chi connectivity index (χ4n) is 1.78. The van der Waals surface area contributed by atoms with E-state index in [1.807, 2.05) is 29.7 Å². The predicted octanol–water partition coefficient (Wildman–Crippen LogP) is 1.78. The van der Waals surface area contributed by atoms with Crippen LogP contribution in [0.25, 0.3) is 0 Å². The van der Waals surface area contributed by atoms with E-state index < -0.39 is 0 Å². The van der Waals surface area contributed by atoms with Gasteiger partial charge in [-0.05, 0) is 18.6 Å². The number of ether oxygens (including phenoxy) is 1. The van der Waals surface area contributed by atoms with Crippen LogP contribution in [0.5, 0.6) is 0 Å². The minimum atomic E-state index is -0.201. The van der Waals surface area contributed by atoms with E-state index >= 15 is 0 Å². The van der Waals surface area contributed by atoms with E-state index in [9.17, 15) is 4.79 Å². The van der Waals surface area contributed by atoms with Gasteiger partial charge in [0.25, 0.3) is 0 Å². The van der Waals surface area contributed by atoms with Gasteiger partial charge < -0.3 is 14.6 Å². The van der Waals surface area contributed by atoms with Crippen molar-refractivity contribution in [3.63, 3.8) is 0 Å². The zero-order valence-corrected chi connectivity index (χ0v) is 12.5. The third-order valence-electron chi connectivity index (χ3n) is 2.93. The minimum absolute atomic E-state index is 0.0223. The van der Waals surface area contributed by atoms with Gasteiger partial charge in [-0.25, -0.2) is 0 Å². The summed E-state index contributed by atoms with van der Waals surface area (Å²) in [5.41, 5.74) is 0.859. The molecule has 0 atom stereocenters. The lowest BCUT2D eigenvalue weighted by molar-refractivity contribution is -0.126. The Balaban J connectivity index is 1.72. The van der Waals surface area contributed by atoms with Gasteiger partial charge in [0.2, 0.25) is 5.91 Å². The number of carbonyl (C=O) groups is 1. The Bertz CT molecular complexity index is 600. The summed E-state index contributed by atoms with van der Waals surface area (Å²) in [5.74, 6) is 0.518. The lowest BCUT2D eigenvalue weighted by atomic mass is 10.2. The second-order valence-electron chi connectivity index (χ2n) is 4.39. The smallest absolute Gasteiger partial charge is 0.246 e. The Hall–Kier alpha value is -1.92. The Morgan fingerprint density at radius 3 is 3.00 bits per heavy atom. The van der Waals surface area contributed by atoms with Gasteiger partial charge in [-0.15, -0.1) is 10.2 Å². The quantitative estimate of drug-likeness (QED) is 0.846. The number of nitrogens with one attached hydrogen (secondary N) is 1. The number of hydrogen-bond donors (Lipinski definition) is 1. The SMILES string of the molecule is CCn1cnnc1CNC(=O)COCc1ccccc1Cl. The van der Waals surface area contributed by atoms with Crippen molar-refractivity contribution < 1.29 is 9.53 Å². The number of aryl methyl sites for hydroxylation is 1. The normalized spacial score (nSPS) is 10.6. The lowest BCUT2D eigenvalue weighted by Gasteiger charge is -2.07. The number of rotatable bonds is 7. The molecular weight excluding hydrogens is 292 g/mol. The Morgan fingerprint density at radius 1 is 1.43 bits per heavy atom. The first-order chi connectivity index (χ1) is 10.2. The van der Waals surface area contributed by atoms with Gasteiger partial charge in [-0.1, -0.05) is 29.8 Å². The fraction of sp³-hybridized carbons (Fsp3) is 0.357. The summed E-state index contributed by atoms with van der Waals surface area (Å²) in [7, 11) is 0. The zero-order chi connectivity index (χ0) is 15.1. The second kappa shape index (κ2) is 7.75. The molecule has 6 nitrogen and oxygen atoms in total.